The summed E-state index contributed by atoms with van der Waals surface area (Å²) in [6.07, 6.45) is 4.22. The van der Waals surface area contributed by atoms with E-state index in [0.717, 1.165) is 12.0 Å². The van der Waals surface area contributed by atoms with Gasteiger partial charge in [0.05, 0.1) is 6.61 Å². The van der Waals surface area contributed by atoms with Crippen LogP contribution >= 0.6 is 12.2 Å². The Kier molecular flexibility index (Phi) is 6.76. The van der Waals surface area contributed by atoms with Crippen LogP contribution in [0.2, 0.25) is 0 Å². The van der Waals surface area contributed by atoms with Gasteiger partial charge in [0.1, 0.15) is 0 Å². The van der Waals surface area contributed by atoms with Gasteiger partial charge in [-0.05, 0) is 36.3 Å². The van der Waals surface area contributed by atoms with E-state index in [4.69, 9.17) is 28.1 Å². The van der Waals surface area contributed by atoms with Crippen LogP contribution in [0.25, 0.3) is 0 Å². The number of nitrogens with zero attached hydrogens (tertiary/aromatic N) is 2. The first kappa shape index (κ1) is 15.3. The highest BCUT2D eigenvalue weighted by Crippen LogP contribution is 2.00. The fourth-order valence-corrected chi connectivity index (χ4v) is 1.77. The molecular weight excluding hydrogens is 262 g/mol. The van der Waals surface area contributed by atoms with E-state index in [1.54, 1.807) is 24.4 Å². The van der Waals surface area contributed by atoms with Gasteiger partial charge in [0.25, 0.3) is 0 Å². The van der Waals surface area contributed by atoms with Gasteiger partial charge in [0.2, 0.25) is 0 Å². The number of hydrogen-bond acceptors (Lipinski definition) is 4. The van der Waals surface area contributed by atoms with Crippen molar-refractivity contribution in [2.45, 2.75) is 6.42 Å². The van der Waals surface area contributed by atoms with Crippen molar-refractivity contribution in [3.8, 4) is 0 Å². The number of thiocarbonyl (C=S) groups is 1. The van der Waals surface area contributed by atoms with E-state index >= 15 is 0 Å². The van der Waals surface area contributed by atoms with Gasteiger partial charge in [-0.25, -0.2) is 0 Å². The number of nitrogens with one attached hydrogen (secondary N) is 2. The second-order valence-electron chi connectivity index (χ2n) is 3.87. The Morgan fingerprint density at radius 2 is 2.21 bits per heavy atom. The predicted molar refractivity (Wildman–Crippen MR) is 79.0 cm³/mol. The van der Waals surface area contributed by atoms with Crippen LogP contribution in [-0.2, 0) is 11.2 Å². The van der Waals surface area contributed by atoms with Crippen molar-refractivity contribution in [3.05, 3.63) is 30.1 Å². The maximum Gasteiger partial charge on any atom is 0.194 e. The number of rotatable bonds is 6. The molecule has 1 heterocycles. The molecular formula is C12H19N5OS. The van der Waals surface area contributed by atoms with Gasteiger partial charge in [-0.15, -0.1) is 0 Å². The van der Waals surface area contributed by atoms with E-state index in [1.165, 1.54) is 0 Å². The van der Waals surface area contributed by atoms with Crippen molar-refractivity contribution in [3.63, 3.8) is 0 Å². The lowest BCUT2D eigenvalue weighted by Gasteiger charge is -2.23. The molecule has 0 bridgehead atoms. The Morgan fingerprint density at radius 1 is 1.53 bits per heavy atom. The summed E-state index contributed by atoms with van der Waals surface area (Å²) in [7, 11) is 1.62. The van der Waals surface area contributed by atoms with Crippen molar-refractivity contribution >= 4 is 23.3 Å². The highest BCUT2D eigenvalue weighted by molar-refractivity contribution is 7.80. The van der Waals surface area contributed by atoms with Crippen LogP contribution in [0.1, 0.15) is 5.56 Å². The van der Waals surface area contributed by atoms with Crippen molar-refractivity contribution in [1.82, 2.24) is 15.2 Å². The zero-order valence-electron chi connectivity index (χ0n) is 10.9. The van der Waals surface area contributed by atoms with E-state index in [9.17, 15) is 0 Å². The number of hydrogen-bond donors (Lipinski definition) is 3. The molecule has 0 aliphatic carbocycles. The molecule has 7 heteroatoms. The monoisotopic (exact) mass is 281 g/mol. The number of pyridine rings is 1. The van der Waals surface area contributed by atoms with E-state index < -0.39 is 0 Å². The quantitative estimate of drug-likeness (QED) is 0.302. The SMILES string of the molecule is COCCNC(=S)N(CCc1ccncc1)C(=N)N. The van der Waals surface area contributed by atoms with Gasteiger partial charge >= 0.3 is 0 Å². The van der Waals surface area contributed by atoms with Crippen molar-refractivity contribution in [2.24, 2.45) is 5.73 Å². The zero-order valence-corrected chi connectivity index (χ0v) is 11.7. The van der Waals surface area contributed by atoms with E-state index in [2.05, 4.69) is 10.3 Å². The molecule has 1 aromatic rings. The molecule has 0 atom stereocenters. The number of aromatic nitrogens is 1. The average molecular weight is 281 g/mol. The largest absolute Gasteiger partial charge is 0.383 e. The van der Waals surface area contributed by atoms with Crippen LogP contribution in [0.4, 0.5) is 0 Å². The number of methoxy groups -OCH3 is 1. The summed E-state index contributed by atoms with van der Waals surface area (Å²) in [5, 5.41) is 11.0. The molecule has 1 rings (SSSR count). The second kappa shape index (κ2) is 8.39. The first-order valence-corrected chi connectivity index (χ1v) is 6.33. The van der Waals surface area contributed by atoms with Gasteiger partial charge < -0.3 is 15.8 Å². The van der Waals surface area contributed by atoms with E-state index in [-0.39, 0.29) is 5.96 Å². The molecule has 0 unspecified atom stereocenters. The third-order valence-corrected chi connectivity index (χ3v) is 2.86. The summed E-state index contributed by atoms with van der Waals surface area (Å²) in [5.41, 5.74) is 6.67. The Hall–Kier alpha value is -1.73. The lowest BCUT2D eigenvalue weighted by Crippen LogP contribution is -2.48. The van der Waals surface area contributed by atoms with Crippen LogP contribution in [0.15, 0.2) is 24.5 Å². The molecule has 0 aliphatic heterocycles. The standard InChI is InChI=1S/C12H19N5OS/c1-18-9-7-16-12(19)17(11(13)14)8-4-10-2-5-15-6-3-10/h2-3,5-6H,4,7-9H2,1H3,(H3,13,14)(H,16,19). The predicted octanol–water partition coefficient (Wildman–Crippen LogP) is 0.340. The Labute approximate surface area is 118 Å². The summed E-state index contributed by atoms with van der Waals surface area (Å²) < 4.78 is 4.93. The fraction of sp³-hybridized carbons (Fsp3) is 0.417. The van der Waals surface area contributed by atoms with E-state index in [1.807, 2.05) is 12.1 Å². The molecule has 0 aliphatic rings. The number of ether oxygens (including phenoxy) is 1. The molecule has 0 fully saturated rings. The van der Waals surface area contributed by atoms with Crippen molar-refractivity contribution in [1.29, 1.82) is 5.41 Å². The highest BCUT2D eigenvalue weighted by atomic mass is 32.1. The first-order valence-electron chi connectivity index (χ1n) is 5.92. The number of guanidine groups is 1. The minimum absolute atomic E-state index is 0.0658. The molecule has 0 spiro atoms. The Morgan fingerprint density at radius 3 is 2.79 bits per heavy atom. The van der Waals surface area contributed by atoms with Crippen molar-refractivity contribution in [2.75, 3.05) is 26.8 Å². The van der Waals surface area contributed by atoms with E-state index in [0.29, 0.717) is 24.8 Å². The Bertz CT molecular complexity index is 412. The Balaban J connectivity index is 2.48. The van der Waals surface area contributed by atoms with Gasteiger partial charge in [0.15, 0.2) is 11.1 Å². The molecule has 0 aromatic carbocycles. The van der Waals surface area contributed by atoms with Crippen LogP contribution in [0.5, 0.6) is 0 Å². The second-order valence-corrected chi connectivity index (χ2v) is 4.25. The molecule has 0 radical (unpaired) electrons. The summed E-state index contributed by atoms with van der Waals surface area (Å²) in [6.45, 7) is 1.70. The van der Waals surface area contributed by atoms with Gasteiger partial charge in [-0.3, -0.25) is 15.3 Å². The summed E-state index contributed by atoms with van der Waals surface area (Å²) in [6, 6.07) is 3.86. The molecule has 1 aromatic heterocycles. The molecule has 104 valence electrons. The minimum Gasteiger partial charge on any atom is -0.383 e. The summed E-state index contributed by atoms with van der Waals surface area (Å²) in [4.78, 5) is 5.52. The molecule has 0 saturated carbocycles. The highest BCUT2D eigenvalue weighted by Gasteiger charge is 2.11. The topological polar surface area (TPSA) is 87.3 Å². The van der Waals surface area contributed by atoms with Crippen LogP contribution in [0.3, 0.4) is 0 Å². The first-order chi connectivity index (χ1) is 9.15. The minimum atomic E-state index is -0.0658. The lowest BCUT2D eigenvalue weighted by atomic mass is 10.2. The zero-order chi connectivity index (χ0) is 14.1. The van der Waals surface area contributed by atoms with Gasteiger partial charge in [-0.1, -0.05) is 0 Å². The van der Waals surface area contributed by atoms with Crippen LogP contribution < -0.4 is 11.1 Å². The normalized spacial score (nSPS) is 9.95. The van der Waals surface area contributed by atoms with Gasteiger partial charge in [0, 0.05) is 32.6 Å². The fourth-order valence-electron chi connectivity index (χ4n) is 1.48. The molecule has 0 amide bonds. The number of nitrogens with two attached hydrogens (primary N) is 1. The lowest BCUT2D eigenvalue weighted by molar-refractivity contribution is 0.203. The third kappa shape index (κ3) is 5.62. The molecule has 19 heavy (non-hydrogen) atoms. The molecule has 6 nitrogen and oxygen atoms in total. The smallest absolute Gasteiger partial charge is 0.194 e. The average Bonchev–Trinajstić information content (AvgIpc) is 2.40. The van der Waals surface area contributed by atoms with Crippen LogP contribution in [0, 0.1) is 5.41 Å². The van der Waals surface area contributed by atoms with Crippen LogP contribution in [-0.4, -0.2) is 47.8 Å². The molecule has 0 saturated heterocycles. The van der Waals surface area contributed by atoms with Gasteiger partial charge in [-0.2, -0.15) is 0 Å². The maximum atomic E-state index is 7.56. The summed E-state index contributed by atoms with van der Waals surface area (Å²) in [5.74, 6) is -0.0658. The summed E-state index contributed by atoms with van der Waals surface area (Å²) >= 11 is 5.21. The molecule has 4 N–H and O–H groups in total. The maximum absolute atomic E-state index is 7.56. The van der Waals surface area contributed by atoms with Crippen molar-refractivity contribution < 1.29 is 4.74 Å². The third-order valence-electron chi connectivity index (χ3n) is 2.49.